The summed E-state index contributed by atoms with van der Waals surface area (Å²) in [5.74, 6) is -0.697. The van der Waals surface area contributed by atoms with Gasteiger partial charge in [0.2, 0.25) is 5.91 Å². The number of carbonyl (C=O) groups is 2. The molecule has 1 amide bonds. The number of benzene rings is 1. The number of rotatable bonds is 4. The Kier molecular flexibility index (Phi) is 5.59. The Bertz CT molecular complexity index is 788. The second-order valence-electron chi connectivity index (χ2n) is 6.01. The summed E-state index contributed by atoms with van der Waals surface area (Å²) in [4.78, 5) is 27.7. The summed E-state index contributed by atoms with van der Waals surface area (Å²) in [7, 11) is 0. The van der Waals surface area contributed by atoms with E-state index in [9.17, 15) is 19.2 Å². The van der Waals surface area contributed by atoms with Gasteiger partial charge < -0.3 is 4.74 Å². The summed E-state index contributed by atoms with van der Waals surface area (Å²) in [5, 5.41) is 10.3. The first kappa shape index (κ1) is 18.4. The second kappa shape index (κ2) is 7.89. The van der Waals surface area contributed by atoms with Gasteiger partial charge in [-0.1, -0.05) is 23.9 Å². The number of esters is 1. The van der Waals surface area contributed by atoms with Gasteiger partial charge in [0.05, 0.1) is 42.4 Å². The van der Waals surface area contributed by atoms with Gasteiger partial charge in [0.1, 0.15) is 5.82 Å². The Morgan fingerprint density at radius 2 is 2.15 bits per heavy atom. The number of nitriles is 1. The van der Waals surface area contributed by atoms with Crippen molar-refractivity contribution in [3.63, 3.8) is 0 Å². The molecule has 1 unspecified atom stereocenters. The fourth-order valence-electron chi connectivity index (χ4n) is 3.08. The molecule has 0 aromatic heterocycles. The van der Waals surface area contributed by atoms with Gasteiger partial charge in [-0.3, -0.25) is 19.4 Å². The van der Waals surface area contributed by atoms with Gasteiger partial charge in [0.25, 0.3) is 0 Å². The summed E-state index contributed by atoms with van der Waals surface area (Å²) in [6.45, 7) is 2.40. The molecule has 0 saturated carbocycles. The molecule has 1 fully saturated rings. The minimum Gasteiger partial charge on any atom is -0.465 e. The molecule has 6 nitrogen and oxygen atoms in total. The summed E-state index contributed by atoms with van der Waals surface area (Å²) >= 11 is 1.36. The van der Waals surface area contributed by atoms with Crippen molar-refractivity contribution >= 4 is 23.6 Å². The molecule has 26 heavy (non-hydrogen) atoms. The van der Waals surface area contributed by atoms with Gasteiger partial charge in [-0.2, -0.15) is 5.26 Å². The van der Waals surface area contributed by atoms with Crippen LogP contribution in [0.5, 0.6) is 0 Å². The quantitative estimate of drug-likeness (QED) is 0.753. The van der Waals surface area contributed by atoms with E-state index in [0.29, 0.717) is 23.1 Å². The molecule has 2 aliphatic heterocycles. The number of fused-ring (bicyclic) bond motifs is 1. The number of allylic oxidation sites excluding steroid dienone is 1. The van der Waals surface area contributed by atoms with E-state index in [0.717, 1.165) is 5.56 Å². The fraction of sp³-hybridized carbons (Fsp3) is 0.389. The number of amides is 1. The summed E-state index contributed by atoms with van der Waals surface area (Å²) in [6.07, 6.45) is 0.145. The third kappa shape index (κ3) is 3.74. The van der Waals surface area contributed by atoms with E-state index in [4.69, 9.17) is 4.74 Å². The lowest BCUT2D eigenvalue weighted by molar-refractivity contribution is -0.146. The van der Waals surface area contributed by atoms with Crippen LogP contribution in [0.2, 0.25) is 0 Å². The molecule has 136 valence electrons. The molecule has 3 rings (SSSR count). The predicted molar refractivity (Wildman–Crippen MR) is 93.9 cm³/mol. The van der Waals surface area contributed by atoms with Crippen LogP contribution >= 0.6 is 11.8 Å². The molecule has 0 N–H and O–H groups in total. The smallest absolute Gasteiger partial charge is 0.320 e. The van der Waals surface area contributed by atoms with E-state index in [2.05, 4.69) is 6.07 Å². The molecule has 0 aliphatic carbocycles. The standard InChI is InChI=1S/C18H18FN3O3S/c1-2-25-17(24)9-21-10-22-16(23)7-14(12-3-5-13(19)6-4-12)15(8-20)18(22)26-11-21/h3-6,14H,2,7,9-11H2,1H3. The van der Waals surface area contributed by atoms with Gasteiger partial charge in [-0.05, 0) is 24.6 Å². The number of ether oxygens (including phenoxy) is 1. The Morgan fingerprint density at radius 3 is 2.81 bits per heavy atom. The van der Waals surface area contributed by atoms with Crippen molar-refractivity contribution in [1.82, 2.24) is 9.80 Å². The zero-order chi connectivity index (χ0) is 18.7. The van der Waals surface area contributed by atoms with E-state index >= 15 is 0 Å². The van der Waals surface area contributed by atoms with Gasteiger partial charge >= 0.3 is 5.97 Å². The van der Waals surface area contributed by atoms with Crippen molar-refractivity contribution in [2.75, 3.05) is 25.7 Å². The van der Waals surface area contributed by atoms with E-state index < -0.39 is 0 Å². The zero-order valence-electron chi connectivity index (χ0n) is 14.3. The molecule has 1 atom stereocenters. The van der Waals surface area contributed by atoms with Crippen LogP contribution in [0, 0.1) is 17.1 Å². The average molecular weight is 375 g/mol. The molecule has 2 aliphatic rings. The Hall–Kier alpha value is -2.37. The van der Waals surface area contributed by atoms with E-state index in [-0.39, 0.29) is 43.2 Å². The fourth-order valence-corrected chi connectivity index (χ4v) is 4.21. The SMILES string of the molecule is CCOC(=O)CN1CSC2=C(C#N)C(c3ccc(F)cc3)CC(=O)N2C1. The summed E-state index contributed by atoms with van der Waals surface area (Å²) in [6, 6.07) is 8.12. The van der Waals surface area contributed by atoms with Crippen molar-refractivity contribution in [3.8, 4) is 6.07 Å². The van der Waals surface area contributed by atoms with Gasteiger partial charge in [0.15, 0.2) is 0 Å². The molecule has 0 radical (unpaired) electrons. The molecule has 0 spiro atoms. The van der Waals surface area contributed by atoms with Gasteiger partial charge in [0, 0.05) is 12.3 Å². The lowest BCUT2D eigenvalue weighted by Gasteiger charge is -2.40. The summed E-state index contributed by atoms with van der Waals surface area (Å²) in [5.41, 5.74) is 1.26. The van der Waals surface area contributed by atoms with Crippen molar-refractivity contribution in [2.45, 2.75) is 19.3 Å². The average Bonchev–Trinajstić information content (AvgIpc) is 2.63. The number of carbonyl (C=O) groups excluding carboxylic acids is 2. The highest BCUT2D eigenvalue weighted by Crippen LogP contribution is 2.42. The first-order chi connectivity index (χ1) is 12.5. The zero-order valence-corrected chi connectivity index (χ0v) is 15.1. The normalized spacial score (nSPS) is 20.6. The van der Waals surface area contributed by atoms with Crippen molar-refractivity contribution in [3.05, 3.63) is 46.2 Å². The van der Waals surface area contributed by atoms with Crippen LogP contribution < -0.4 is 0 Å². The summed E-state index contributed by atoms with van der Waals surface area (Å²) < 4.78 is 18.1. The number of hydrogen-bond acceptors (Lipinski definition) is 6. The van der Waals surface area contributed by atoms with Crippen LogP contribution in [0.1, 0.15) is 24.8 Å². The lowest BCUT2D eigenvalue weighted by atomic mass is 9.86. The van der Waals surface area contributed by atoms with Crippen molar-refractivity contribution in [2.24, 2.45) is 0 Å². The highest BCUT2D eigenvalue weighted by atomic mass is 32.2. The van der Waals surface area contributed by atoms with Crippen LogP contribution in [0.3, 0.4) is 0 Å². The van der Waals surface area contributed by atoms with E-state index in [1.165, 1.54) is 23.9 Å². The maximum absolute atomic E-state index is 13.2. The predicted octanol–water partition coefficient (Wildman–Crippen LogP) is 2.40. The molecule has 1 saturated heterocycles. The van der Waals surface area contributed by atoms with Gasteiger partial charge in [-0.25, -0.2) is 4.39 Å². The molecule has 1 aromatic rings. The monoisotopic (exact) mass is 375 g/mol. The molecule has 8 heteroatoms. The molecule has 2 heterocycles. The van der Waals surface area contributed by atoms with Crippen LogP contribution in [-0.2, 0) is 14.3 Å². The van der Waals surface area contributed by atoms with Crippen LogP contribution in [0.25, 0.3) is 0 Å². The maximum Gasteiger partial charge on any atom is 0.320 e. The van der Waals surface area contributed by atoms with Crippen LogP contribution in [-0.4, -0.2) is 47.4 Å². The number of nitrogens with zero attached hydrogens (tertiary/aromatic N) is 3. The van der Waals surface area contributed by atoms with Crippen LogP contribution in [0.15, 0.2) is 34.9 Å². The molecule has 0 bridgehead atoms. The highest BCUT2D eigenvalue weighted by Gasteiger charge is 2.38. The number of halogens is 1. The first-order valence-electron chi connectivity index (χ1n) is 8.24. The third-order valence-corrected chi connectivity index (χ3v) is 5.49. The molecular weight excluding hydrogens is 357 g/mol. The first-order valence-corrected chi connectivity index (χ1v) is 9.23. The molecule has 1 aromatic carbocycles. The van der Waals surface area contributed by atoms with Crippen molar-refractivity contribution in [1.29, 1.82) is 5.26 Å². The largest absolute Gasteiger partial charge is 0.465 e. The number of thioether (sulfide) groups is 1. The minimum absolute atomic E-state index is 0.0984. The van der Waals surface area contributed by atoms with E-state index in [1.54, 1.807) is 28.9 Å². The lowest BCUT2D eigenvalue weighted by Crippen LogP contribution is -2.48. The van der Waals surface area contributed by atoms with Crippen molar-refractivity contribution < 1.29 is 18.7 Å². The highest BCUT2D eigenvalue weighted by molar-refractivity contribution is 8.03. The van der Waals surface area contributed by atoms with Gasteiger partial charge in [-0.15, -0.1) is 0 Å². The second-order valence-corrected chi connectivity index (χ2v) is 6.94. The Balaban J connectivity index is 1.83. The Labute approximate surface area is 155 Å². The Morgan fingerprint density at radius 1 is 1.42 bits per heavy atom. The van der Waals surface area contributed by atoms with Crippen LogP contribution in [0.4, 0.5) is 4.39 Å². The van der Waals surface area contributed by atoms with E-state index in [1.807, 2.05) is 0 Å². The molecular formula is C18H18FN3O3S. The maximum atomic E-state index is 13.2. The topological polar surface area (TPSA) is 73.6 Å². The third-order valence-electron chi connectivity index (χ3n) is 4.28. The number of hydrogen-bond donors (Lipinski definition) is 0. The minimum atomic E-state index is -0.372.